The molecule has 0 amide bonds. The highest BCUT2D eigenvalue weighted by Gasteiger charge is 2.13. The lowest BCUT2D eigenvalue weighted by molar-refractivity contribution is 0.136. The fourth-order valence-electron chi connectivity index (χ4n) is 1.10. The summed E-state index contributed by atoms with van der Waals surface area (Å²) in [6.07, 6.45) is 2.09. The van der Waals surface area contributed by atoms with Crippen LogP contribution < -0.4 is 4.72 Å². The Balaban J connectivity index is 3.59. The second-order valence-electron chi connectivity index (χ2n) is 3.90. The number of ether oxygens (including phenoxy) is 1. The smallest absolute Gasteiger partial charge is 0.211 e. The van der Waals surface area contributed by atoms with E-state index in [9.17, 15) is 8.42 Å². The molecule has 0 heterocycles. The van der Waals surface area contributed by atoms with Gasteiger partial charge in [0.25, 0.3) is 0 Å². The molecule has 0 aromatic carbocycles. The van der Waals surface area contributed by atoms with Crippen LogP contribution in [0.4, 0.5) is 0 Å². The number of rotatable bonds is 10. The molecule has 1 unspecified atom stereocenters. The van der Waals surface area contributed by atoms with Crippen molar-refractivity contribution in [2.45, 2.75) is 26.7 Å². The van der Waals surface area contributed by atoms with Gasteiger partial charge in [-0.15, -0.1) is 11.6 Å². The van der Waals surface area contributed by atoms with E-state index in [1.807, 2.05) is 6.92 Å². The summed E-state index contributed by atoms with van der Waals surface area (Å²) in [6, 6.07) is 0. The van der Waals surface area contributed by atoms with Crippen LogP contribution in [0.15, 0.2) is 0 Å². The Hall–Kier alpha value is 0.160. The highest BCUT2D eigenvalue weighted by Crippen LogP contribution is 2.01. The SMILES string of the molecule is CCCCOCCNS(=O)(=O)CC(C)CCl. The molecule has 0 aliphatic heterocycles. The first-order valence-electron chi connectivity index (χ1n) is 5.63. The van der Waals surface area contributed by atoms with Gasteiger partial charge in [-0.3, -0.25) is 0 Å². The quantitative estimate of drug-likeness (QED) is 0.485. The summed E-state index contributed by atoms with van der Waals surface area (Å²) in [5, 5.41) is 0. The number of unbranched alkanes of at least 4 members (excludes halogenated alkanes) is 1. The highest BCUT2D eigenvalue weighted by molar-refractivity contribution is 7.89. The third kappa shape index (κ3) is 9.39. The molecule has 4 nitrogen and oxygen atoms in total. The maximum Gasteiger partial charge on any atom is 0.211 e. The first kappa shape index (κ1) is 16.2. The number of alkyl halides is 1. The zero-order valence-electron chi connectivity index (χ0n) is 10.0. The summed E-state index contributed by atoms with van der Waals surface area (Å²) in [6.45, 7) is 5.34. The zero-order valence-corrected chi connectivity index (χ0v) is 11.6. The van der Waals surface area contributed by atoms with Crippen molar-refractivity contribution < 1.29 is 13.2 Å². The van der Waals surface area contributed by atoms with Crippen LogP contribution in [0.5, 0.6) is 0 Å². The van der Waals surface area contributed by atoms with Crippen LogP contribution in [0.25, 0.3) is 0 Å². The summed E-state index contributed by atoms with van der Waals surface area (Å²) < 4.78 is 30.7. The van der Waals surface area contributed by atoms with Gasteiger partial charge >= 0.3 is 0 Å². The van der Waals surface area contributed by atoms with Gasteiger partial charge in [-0.05, 0) is 12.3 Å². The van der Waals surface area contributed by atoms with Crippen LogP contribution in [-0.2, 0) is 14.8 Å². The van der Waals surface area contributed by atoms with Crippen molar-refractivity contribution in [2.75, 3.05) is 31.4 Å². The van der Waals surface area contributed by atoms with E-state index in [1.165, 1.54) is 0 Å². The number of sulfonamides is 1. The van der Waals surface area contributed by atoms with Crippen molar-refractivity contribution in [3.8, 4) is 0 Å². The molecule has 0 aliphatic rings. The van der Waals surface area contributed by atoms with Gasteiger partial charge in [0.15, 0.2) is 0 Å². The molecule has 0 saturated heterocycles. The Morgan fingerprint density at radius 1 is 1.38 bits per heavy atom. The Labute approximate surface area is 104 Å². The minimum absolute atomic E-state index is 0.0276. The minimum Gasteiger partial charge on any atom is -0.380 e. The molecule has 0 aromatic rings. The van der Waals surface area contributed by atoms with Crippen molar-refractivity contribution in [3.63, 3.8) is 0 Å². The largest absolute Gasteiger partial charge is 0.380 e. The van der Waals surface area contributed by atoms with E-state index < -0.39 is 10.0 Å². The summed E-state index contributed by atoms with van der Waals surface area (Å²) in [5.41, 5.74) is 0. The molecule has 0 radical (unpaired) electrons. The standard InChI is InChI=1S/C10H22ClNO3S/c1-3-4-6-15-7-5-12-16(13,14)9-10(2)8-11/h10,12H,3-9H2,1-2H3. The lowest BCUT2D eigenvalue weighted by atomic mass is 10.3. The van der Waals surface area contributed by atoms with Gasteiger partial charge in [0.05, 0.1) is 12.4 Å². The number of nitrogens with one attached hydrogen (secondary N) is 1. The Morgan fingerprint density at radius 2 is 2.06 bits per heavy atom. The summed E-state index contributed by atoms with van der Waals surface area (Å²) in [4.78, 5) is 0. The Bertz CT molecular complexity index is 257. The van der Waals surface area contributed by atoms with Gasteiger partial charge in [0, 0.05) is 19.0 Å². The monoisotopic (exact) mass is 271 g/mol. The number of hydrogen-bond donors (Lipinski definition) is 1. The summed E-state index contributed by atoms with van der Waals surface area (Å²) in [7, 11) is -3.20. The second-order valence-corrected chi connectivity index (χ2v) is 6.06. The predicted octanol–water partition coefficient (Wildman–Crippen LogP) is 1.60. The van der Waals surface area contributed by atoms with Crippen molar-refractivity contribution in [3.05, 3.63) is 0 Å². The molecular formula is C10H22ClNO3S. The van der Waals surface area contributed by atoms with Crippen molar-refractivity contribution in [1.29, 1.82) is 0 Å². The van der Waals surface area contributed by atoms with E-state index in [0.29, 0.717) is 25.6 Å². The molecule has 0 spiro atoms. The average molecular weight is 272 g/mol. The number of hydrogen-bond acceptors (Lipinski definition) is 3. The first-order valence-corrected chi connectivity index (χ1v) is 7.81. The lowest BCUT2D eigenvalue weighted by Crippen LogP contribution is -2.32. The molecule has 0 fully saturated rings. The van der Waals surface area contributed by atoms with Crippen molar-refractivity contribution in [1.82, 2.24) is 4.72 Å². The van der Waals surface area contributed by atoms with Crippen LogP contribution in [-0.4, -0.2) is 39.8 Å². The van der Waals surface area contributed by atoms with Gasteiger partial charge in [-0.1, -0.05) is 20.3 Å². The molecule has 1 atom stereocenters. The van der Waals surface area contributed by atoms with Crippen molar-refractivity contribution in [2.24, 2.45) is 5.92 Å². The Kier molecular flexibility index (Phi) is 9.31. The average Bonchev–Trinajstić information content (AvgIpc) is 2.22. The molecule has 0 aromatic heterocycles. The number of halogens is 1. The van der Waals surface area contributed by atoms with Gasteiger partial charge in [0.1, 0.15) is 0 Å². The van der Waals surface area contributed by atoms with Crippen LogP contribution >= 0.6 is 11.6 Å². The Morgan fingerprint density at radius 3 is 2.62 bits per heavy atom. The van der Waals surface area contributed by atoms with Crippen LogP contribution in [0.2, 0.25) is 0 Å². The molecule has 1 N–H and O–H groups in total. The maximum absolute atomic E-state index is 11.5. The van der Waals surface area contributed by atoms with Crippen LogP contribution in [0.1, 0.15) is 26.7 Å². The summed E-state index contributed by atoms with van der Waals surface area (Å²) in [5.74, 6) is 0.402. The third-order valence-corrected chi connectivity index (χ3v) is 4.16. The molecule has 6 heteroatoms. The normalized spacial score (nSPS) is 13.9. The van der Waals surface area contributed by atoms with Crippen LogP contribution in [0, 0.1) is 5.92 Å². The second kappa shape index (κ2) is 9.22. The molecule has 0 rings (SSSR count). The van der Waals surface area contributed by atoms with E-state index in [0.717, 1.165) is 12.8 Å². The van der Waals surface area contributed by atoms with Gasteiger partial charge < -0.3 is 4.74 Å². The molecule has 0 saturated carbocycles. The predicted molar refractivity (Wildman–Crippen MR) is 67.4 cm³/mol. The van der Waals surface area contributed by atoms with E-state index in [4.69, 9.17) is 16.3 Å². The molecule has 0 bridgehead atoms. The highest BCUT2D eigenvalue weighted by atomic mass is 35.5. The fourth-order valence-corrected chi connectivity index (χ4v) is 2.71. The van der Waals surface area contributed by atoms with E-state index >= 15 is 0 Å². The van der Waals surface area contributed by atoms with E-state index in [1.54, 1.807) is 0 Å². The van der Waals surface area contributed by atoms with Crippen LogP contribution in [0.3, 0.4) is 0 Å². The summed E-state index contributed by atoms with van der Waals surface area (Å²) >= 11 is 5.56. The fraction of sp³-hybridized carbons (Fsp3) is 1.00. The van der Waals surface area contributed by atoms with Gasteiger partial charge in [-0.2, -0.15) is 0 Å². The van der Waals surface area contributed by atoms with Gasteiger partial charge in [0.2, 0.25) is 10.0 Å². The van der Waals surface area contributed by atoms with E-state index in [2.05, 4.69) is 11.6 Å². The topological polar surface area (TPSA) is 55.4 Å². The van der Waals surface area contributed by atoms with Gasteiger partial charge in [-0.25, -0.2) is 13.1 Å². The maximum atomic E-state index is 11.5. The molecular weight excluding hydrogens is 250 g/mol. The lowest BCUT2D eigenvalue weighted by Gasteiger charge is -2.10. The molecule has 98 valence electrons. The molecule has 0 aliphatic carbocycles. The van der Waals surface area contributed by atoms with Crippen molar-refractivity contribution >= 4 is 21.6 Å². The minimum atomic E-state index is -3.20. The molecule has 16 heavy (non-hydrogen) atoms. The van der Waals surface area contributed by atoms with E-state index in [-0.39, 0.29) is 11.7 Å². The third-order valence-electron chi connectivity index (χ3n) is 1.98. The first-order chi connectivity index (χ1) is 7.52. The zero-order chi connectivity index (χ0) is 12.4.